The summed E-state index contributed by atoms with van der Waals surface area (Å²) in [6.07, 6.45) is 0.329. The molecule has 0 radical (unpaired) electrons. The van der Waals surface area contributed by atoms with Crippen molar-refractivity contribution in [3.63, 3.8) is 0 Å². The molecule has 1 atom stereocenters. The van der Waals surface area contributed by atoms with Crippen molar-refractivity contribution in [1.82, 2.24) is 8.96 Å². The van der Waals surface area contributed by atoms with Crippen LogP contribution in [0.1, 0.15) is 44.7 Å². The van der Waals surface area contributed by atoms with Gasteiger partial charge >= 0.3 is 5.97 Å². The number of carbonyl (C=O) groups excluding carboxylic acids is 1. The van der Waals surface area contributed by atoms with Crippen LogP contribution in [0.4, 0.5) is 5.95 Å². The van der Waals surface area contributed by atoms with Crippen LogP contribution in [0.5, 0.6) is 0 Å². The van der Waals surface area contributed by atoms with Crippen LogP contribution in [0.3, 0.4) is 0 Å². The molecule has 1 heterocycles. The van der Waals surface area contributed by atoms with Gasteiger partial charge in [-0.05, 0) is 43.5 Å². The molecule has 0 amide bonds. The van der Waals surface area contributed by atoms with Gasteiger partial charge in [0.25, 0.3) is 0 Å². The maximum atomic E-state index is 12.9. The second-order valence-electron chi connectivity index (χ2n) is 7.66. The molecular formula is C22H27N3O5S. The minimum Gasteiger partial charge on any atom is -0.466 e. The predicted molar refractivity (Wildman–Crippen MR) is 119 cm³/mol. The van der Waals surface area contributed by atoms with E-state index in [-0.39, 0.29) is 24.5 Å². The largest absolute Gasteiger partial charge is 0.466 e. The molecule has 3 rings (SSSR count). The summed E-state index contributed by atoms with van der Waals surface area (Å²) >= 11 is 0. The lowest BCUT2D eigenvalue weighted by atomic mass is 9.83. The lowest BCUT2D eigenvalue weighted by Crippen LogP contribution is -2.31. The summed E-state index contributed by atoms with van der Waals surface area (Å²) in [6, 6.07) is 13.4. The maximum Gasteiger partial charge on any atom is 0.309 e. The average molecular weight is 446 g/mol. The Morgan fingerprint density at radius 3 is 2.48 bits per heavy atom. The standard InChI is InChI=1S/C22H27N3O5S/c1-4-12-30-20(26)14-22(27,16-8-6-5-7-9-16)17-10-11-18-19(13-17)25(21(23)24-18)31(28,29)15(2)3/h5-11,13,15,27H,4,12,14H2,1-3H3,(H2,23,24). The molecule has 3 N–H and O–H groups in total. The molecule has 0 aliphatic rings. The van der Waals surface area contributed by atoms with Crippen molar-refractivity contribution in [3.8, 4) is 0 Å². The molecule has 0 fully saturated rings. The van der Waals surface area contributed by atoms with Crippen LogP contribution in [0, 0.1) is 0 Å². The van der Waals surface area contributed by atoms with E-state index in [0.717, 1.165) is 3.97 Å². The number of anilines is 1. The number of ether oxygens (including phenoxy) is 1. The van der Waals surface area contributed by atoms with Crippen LogP contribution in [0.15, 0.2) is 48.5 Å². The van der Waals surface area contributed by atoms with Gasteiger partial charge < -0.3 is 15.6 Å². The molecule has 0 aliphatic carbocycles. The van der Waals surface area contributed by atoms with Crippen LogP contribution in [-0.4, -0.2) is 40.3 Å². The number of nitrogens with zero attached hydrogens (tertiary/aromatic N) is 2. The second-order valence-corrected chi connectivity index (χ2v) is 9.99. The van der Waals surface area contributed by atoms with Gasteiger partial charge in [-0.1, -0.05) is 43.3 Å². The first-order valence-electron chi connectivity index (χ1n) is 10.1. The molecule has 0 saturated carbocycles. The monoisotopic (exact) mass is 445 g/mol. The minimum absolute atomic E-state index is 0.161. The molecule has 166 valence electrons. The number of rotatable bonds is 8. The van der Waals surface area contributed by atoms with Crippen molar-refractivity contribution in [3.05, 3.63) is 59.7 Å². The first-order chi connectivity index (χ1) is 14.6. The van der Waals surface area contributed by atoms with Crippen LogP contribution in [0.2, 0.25) is 0 Å². The smallest absolute Gasteiger partial charge is 0.309 e. The number of nitrogen functional groups attached to an aromatic ring is 1. The molecule has 0 bridgehead atoms. The van der Waals surface area contributed by atoms with Gasteiger partial charge in [0.1, 0.15) is 5.60 Å². The van der Waals surface area contributed by atoms with Crippen LogP contribution >= 0.6 is 0 Å². The van der Waals surface area contributed by atoms with E-state index < -0.39 is 26.8 Å². The lowest BCUT2D eigenvalue weighted by molar-refractivity contribution is -0.148. The normalized spacial score (nSPS) is 14.0. The second kappa shape index (κ2) is 8.68. The first kappa shape index (κ1) is 22.8. The van der Waals surface area contributed by atoms with Crippen molar-refractivity contribution in [2.24, 2.45) is 0 Å². The number of esters is 1. The zero-order valence-corrected chi connectivity index (χ0v) is 18.6. The third-order valence-electron chi connectivity index (χ3n) is 5.08. The molecular weight excluding hydrogens is 418 g/mol. The molecule has 0 spiro atoms. The van der Waals surface area contributed by atoms with Gasteiger partial charge in [0.05, 0.1) is 29.3 Å². The number of hydrogen-bond donors (Lipinski definition) is 2. The summed E-state index contributed by atoms with van der Waals surface area (Å²) in [7, 11) is -3.80. The Labute approximate surface area is 181 Å². The summed E-state index contributed by atoms with van der Waals surface area (Å²) < 4.78 is 31.9. The van der Waals surface area contributed by atoms with Gasteiger partial charge in [-0.15, -0.1) is 0 Å². The molecule has 31 heavy (non-hydrogen) atoms. The summed E-state index contributed by atoms with van der Waals surface area (Å²) in [6.45, 7) is 5.23. The van der Waals surface area contributed by atoms with E-state index in [2.05, 4.69) is 4.98 Å². The maximum absolute atomic E-state index is 12.9. The van der Waals surface area contributed by atoms with Crippen molar-refractivity contribution in [2.45, 2.75) is 44.5 Å². The molecule has 3 aromatic rings. The Balaban J connectivity index is 2.20. The quantitative estimate of drug-likeness (QED) is 0.511. The highest BCUT2D eigenvalue weighted by Gasteiger charge is 2.36. The van der Waals surface area contributed by atoms with Gasteiger partial charge in [0.15, 0.2) is 0 Å². The fourth-order valence-electron chi connectivity index (χ4n) is 3.37. The topological polar surface area (TPSA) is 125 Å². The molecule has 0 saturated heterocycles. The number of aromatic nitrogens is 2. The number of aliphatic hydroxyl groups is 1. The van der Waals surface area contributed by atoms with Crippen molar-refractivity contribution in [1.29, 1.82) is 0 Å². The molecule has 1 unspecified atom stereocenters. The SMILES string of the molecule is CCCOC(=O)CC(O)(c1ccccc1)c1ccc2nc(N)n(S(=O)(=O)C(C)C)c2c1. The highest BCUT2D eigenvalue weighted by Crippen LogP contribution is 2.36. The number of nitrogens with two attached hydrogens (primary N) is 1. The van der Waals surface area contributed by atoms with E-state index in [9.17, 15) is 18.3 Å². The van der Waals surface area contributed by atoms with Gasteiger partial charge in [0.2, 0.25) is 16.0 Å². The number of imidazole rings is 1. The van der Waals surface area contributed by atoms with Crippen LogP contribution in [0.25, 0.3) is 11.0 Å². The third-order valence-corrected chi connectivity index (χ3v) is 7.17. The third kappa shape index (κ3) is 4.28. The van der Waals surface area contributed by atoms with E-state index in [1.165, 1.54) is 6.07 Å². The van der Waals surface area contributed by atoms with Gasteiger partial charge in [-0.3, -0.25) is 4.79 Å². The summed E-state index contributed by atoms with van der Waals surface area (Å²) in [4.78, 5) is 16.6. The van der Waals surface area contributed by atoms with Gasteiger partial charge in [-0.2, -0.15) is 0 Å². The predicted octanol–water partition coefficient (Wildman–Crippen LogP) is 2.78. The number of carbonyl (C=O) groups is 1. The highest BCUT2D eigenvalue weighted by atomic mass is 32.2. The Bertz CT molecular complexity index is 1190. The van der Waals surface area contributed by atoms with E-state index in [1.807, 2.05) is 6.92 Å². The highest BCUT2D eigenvalue weighted by molar-refractivity contribution is 7.90. The van der Waals surface area contributed by atoms with Crippen molar-refractivity contribution in [2.75, 3.05) is 12.3 Å². The Morgan fingerprint density at radius 1 is 1.19 bits per heavy atom. The van der Waals surface area contributed by atoms with Crippen LogP contribution < -0.4 is 5.73 Å². The lowest BCUT2D eigenvalue weighted by Gasteiger charge is -2.28. The summed E-state index contributed by atoms with van der Waals surface area (Å²) in [5.74, 6) is -0.720. The van der Waals surface area contributed by atoms with E-state index in [1.54, 1.807) is 56.3 Å². The average Bonchev–Trinajstić information content (AvgIpc) is 3.08. The van der Waals surface area contributed by atoms with Gasteiger partial charge in [0, 0.05) is 0 Å². The summed E-state index contributed by atoms with van der Waals surface area (Å²) in [5, 5.41) is 11.0. The number of benzene rings is 2. The van der Waals surface area contributed by atoms with E-state index in [4.69, 9.17) is 10.5 Å². The molecule has 8 nitrogen and oxygen atoms in total. The van der Waals surface area contributed by atoms with E-state index in [0.29, 0.717) is 23.1 Å². The van der Waals surface area contributed by atoms with Crippen molar-refractivity contribution < 1.29 is 23.1 Å². The minimum atomic E-state index is -3.80. The molecule has 9 heteroatoms. The Kier molecular flexibility index (Phi) is 6.38. The molecule has 1 aromatic heterocycles. The zero-order valence-electron chi connectivity index (χ0n) is 17.8. The van der Waals surface area contributed by atoms with E-state index >= 15 is 0 Å². The molecule has 0 aliphatic heterocycles. The summed E-state index contributed by atoms with van der Waals surface area (Å²) in [5.41, 5.74) is 5.61. The number of fused-ring (bicyclic) bond motifs is 1. The Hall–Kier alpha value is -2.91. The number of hydrogen-bond acceptors (Lipinski definition) is 7. The first-order valence-corrected chi connectivity index (χ1v) is 11.6. The van der Waals surface area contributed by atoms with Crippen LogP contribution in [-0.2, 0) is 25.2 Å². The zero-order chi connectivity index (χ0) is 22.8. The van der Waals surface area contributed by atoms with Crippen molar-refractivity contribution >= 4 is 33.0 Å². The Morgan fingerprint density at radius 2 is 1.87 bits per heavy atom. The fraction of sp³-hybridized carbons (Fsp3) is 0.364. The fourth-order valence-corrected chi connectivity index (χ4v) is 4.51. The van der Waals surface area contributed by atoms with Gasteiger partial charge in [-0.25, -0.2) is 17.4 Å². The molecule has 2 aromatic carbocycles.